The molecule has 0 unspecified atom stereocenters. The van der Waals surface area contributed by atoms with E-state index in [9.17, 15) is 14.4 Å². The molecule has 3 rings (SSSR count). The number of benzene rings is 1. The van der Waals surface area contributed by atoms with Crippen LogP contribution in [0.1, 0.15) is 59.4 Å². The number of ether oxygens (including phenoxy) is 1. The van der Waals surface area contributed by atoms with E-state index in [1.165, 1.54) is 0 Å². The molecule has 0 saturated heterocycles. The second kappa shape index (κ2) is 10.2. The number of aryl methyl sites for hydroxylation is 2. The van der Waals surface area contributed by atoms with Crippen LogP contribution >= 0.6 is 0 Å². The van der Waals surface area contributed by atoms with Crippen LogP contribution in [-0.2, 0) is 27.8 Å². The maximum atomic E-state index is 12.6. The molecule has 1 aliphatic rings. The average molecular weight is 427 g/mol. The van der Waals surface area contributed by atoms with E-state index < -0.39 is 18.5 Å². The molecule has 0 spiro atoms. The molecule has 2 aromatic rings. The molecule has 31 heavy (non-hydrogen) atoms. The monoisotopic (exact) mass is 426 g/mol. The van der Waals surface area contributed by atoms with E-state index in [1.807, 2.05) is 20.9 Å². The molecular formula is C23H30N4O4. The van der Waals surface area contributed by atoms with Crippen molar-refractivity contribution in [2.24, 2.45) is 7.05 Å². The van der Waals surface area contributed by atoms with Gasteiger partial charge in [0, 0.05) is 25.2 Å². The predicted octanol–water partition coefficient (Wildman–Crippen LogP) is 2.82. The number of anilines is 1. The Morgan fingerprint density at radius 2 is 1.87 bits per heavy atom. The van der Waals surface area contributed by atoms with Gasteiger partial charge in [-0.15, -0.1) is 0 Å². The van der Waals surface area contributed by atoms with Gasteiger partial charge in [0.15, 0.2) is 6.61 Å². The Balaban J connectivity index is 1.49. The Labute approximate surface area is 182 Å². The lowest BCUT2D eigenvalue weighted by Crippen LogP contribution is -2.33. The summed E-state index contributed by atoms with van der Waals surface area (Å²) < 4.78 is 6.90. The second-order valence-electron chi connectivity index (χ2n) is 7.98. The molecule has 0 atom stereocenters. The molecule has 0 aliphatic heterocycles. The van der Waals surface area contributed by atoms with Gasteiger partial charge in [-0.2, -0.15) is 5.10 Å². The number of carbonyl (C=O) groups is 3. The van der Waals surface area contributed by atoms with Crippen molar-refractivity contribution in [3.63, 3.8) is 0 Å². The molecule has 1 aliphatic carbocycles. The quantitative estimate of drug-likeness (QED) is 0.632. The Hall–Kier alpha value is -3.16. The Kier molecular flexibility index (Phi) is 7.44. The lowest BCUT2D eigenvalue weighted by molar-refractivity contribution is -0.147. The van der Waals surface area contributed by atoms with E-state index in [2.05, 4.69) is 15.7 Å². The molecule has 0 bridgehead atoms. The van der Waals surface area contributed by atoms with Crippen LogP contribution in [0.5, 0.6) is 0 Å². The standard InChI is InChI=1S/C23H30N4O4/c1-15-18(16(2)27(3)26-15)12-13-22(29)31-14-21(28)25-20-11-7-6-10-19(20)23(30)24-17-8-4-5-9-17/h6-7,10-11,17H,4-5,8-9,12-14H2,1-3H3,(H,24,30)(H,25,28). The van der Waals surface area contributed by atoms with Crippen LogP contribution in [0.25, 0.3) is 0 Å². The molecule has 8 nitrogen and oxygen atoms in total. The summed E-state index contributed by atoms with van der Waals surface area (Å²) in [6.45, 7) is 3.46. The molecule has 2 N–H and O–H groups in total. The summed E-state index contributed by atoms with van der Waals surface area (Å²) in [6.07, 6.45) is 4.88. The van der Waals surface area contributed by atoms with Crippen molar-refractivity contribution in [1.29, 1.82) is 0 Å². The Morgan fingerprint density at radius 1 is 1.16 bits per heavy atom. The number of nitrogens with one attached hydrogen (secondary N) is 2. The highest BCUT2D eigenvalue weighted by molar-refractivity contribution is 6.04. The predicted molar refractivity (Wildman–Crippen MR) is 117 cm³/mol. The van der Waals surface area contributed by atoms with E-state index in [0.29, 0.717) is 17.7 Å². The minimum Gasteiger partial charge on any atom is -0.456 e. The van der Waals surface area contributed by atoms with Gasteiger partial charge in [0.05, 0.1) is 16.9 Å². The number of hydrogen-bond donors (Lipinski definition) is 2. The van der Waals surface area contributed by atoms with Crippen LogP contribution in [0, 0.1) is 13.8 Å². The van der Waals surface area contributed by atoms with Crippen LogP contribution in [0.4, 0.5) is 5.69 Å². The fraction of sp³-hybridized carbons (Fsp3) is 0.478. The third kappa shape index (κ3) is 5.93. The van der Waals surface area contributed by atoms with Gasteiger partial charge in [-0.1, -0.05) is 25.0 Å². The van der Waals surface area contributed by atoms with Crippen molar-refractivity contribution in [3.05, 3.63) is 46.8 Å². The zero-order valence-electron chi connectivity index (χ0n) is 18.4. The van der Waals surface area contributed by atoms with Gasteiger partial charge in [-0.3, -0.25) is 19.1 Å². The number of esters is 1. The highest BCUT2D eigenvalue weighted by atomic mass is 16.5. The van der Waals surface area contributed by atoms with E-state index in [1.54, 1.807) is 28.9 Å². The SMILES string of the molecule is Cc1nn(C)c(C)c1CCC(=O)OCC(=O)Nc1ccccc1C(=O)NC1CCCC1. The summed E-state index contributed by atoms with van der Waals surface area (Å²) in [5.41, 5.74) is 3.72. The molecule has 0 radical (unpaired) electrons. The number of aromatic nitrogens is 2. The number of amides is 2. The average Bonchev–Trinajstić information content (AvgIpc) is 3.33. The van der Waals surface area contributed by atoms with Gasteiger partial charge < -0.3 is 15.4 Å². The molecular weight excluding hydrogens is 396 g/mol. The molecule has 1 heterocycles. The van der Waals surface area contributed by atoms with Crippen LogP contribution < -0.4 is 10.6 Å². The van der Waals surface area contributed by atoms with Gasteiger partial charge in [0.2, 0.25) is 0 Å². The van der Waals surface area contributed by atoms with Crippen LogP contribution in [0.3, 0.4) is 0 Å². The zero-order chi connectivity index (χ0) is 22.4. The van der Waals surface area contributed by atoms with Gasteiger partial charge in [-0.05, 0) is 50.8 Å². The van der Waals surface area contributed by atoms with Crippen LogP contribution in [0.15, 0.2) is 24.3 Å². The second-order valence-corrected chi connectivity index (χ2v) is 7.98. The van der Waals surface area contributed by atoms with Crippen molar-refractivity contribution >= 4 is 23.5 Å². The molecule has 166 valence electrons. The van der Waals surface area contributed by atoms with Crippen molar-refractivity contribution in [1.82, 2.24) is 15.1 Å². The molecule has 1 aromatic heterocycles. The van der Waals surface area contributed by atoms with E-state index in [0.717, 1.165) is 42.6 Å². The summed E-state index contributed by atoms with van der Waals surface area (Å²) in [5.74, 6) is -1.14. The minimum absolute atomic E-state index is 0.168. The molecule has 8 heteroatoms. The topological polar surface area (TPSA) is 102 Å². The number of carbonyl (C=O) groups excluding carboxylic acids is 3. The highest BCUT2D eigenvalue weighted by Gasteiger charge is 2.20. The summed E-state index contributed by atoms with van der Waals surface area (Å²) in [4.78, 5) is 37.0. The number of para-hydroxylation sites is 1. The maximum absolute atomic E-state index is 12.6. The summed E-state index contributed by atoms with van der Waals surface area (Å²) in [5, 5.41) is 10.0. The van der Waals surface area contributed by atoms with Crippen molar-refractivity contribution in [3.8, 4) is 0 Å². The van der Waals surface area contributed by atoms with E-state index in [-0.39, 0.29) is 18.4 Å². The van der Waals surface area contributed by atoms with Gasteiger partial charge >= 0.3 is 5.97 Å². The smallest absolute Gasteiger partial charge is 0.306 e. The summed E-state index contributed by atoms with van der Waals surface area (Å²) in [7, 11) is 1.86. The fourth-order valence-corrected chi connectivity index (χ4v) is 3.93. The van der Waals surface area contributed by atoms with Gasteiger partial charge in [-0.25, -0.2) is 0 Å². The number of nitrogens with zero attached hydrogens (tertiary/aromatic N) is 2. The molecule has 1 aromatic carbocycles. The lowest BCUT2D eigenvalue weighted by atomic mass is 10.1. The summed E-state index contributed by atoms with van der Waals surface area (Å²) in [6, 6.07) is 7.01. The van der Waals surface area contributed by atoms with Crippen LogP contribution in [-0.4, -0.2) is 40.2 Å². The third-order valence-electron chi connectivity index (χ3n) is 5.74. The minimum atomic E-state index is -0.483. The van der Waals surface area contributed by atoms with E-state index >= 15 is 0 Å². The van der Waals surface area contributed by atoms with Crippen molar-refractivity contribution < 1.29 is 19.1 Å². The lowest BCUT2D eigenvalue weighted by Gasteiger charge is -2.15. The third-order valence-corrected chi connectivity index (χ3v) is 5.74. The first kappa shape index (κ1) is 22.5. The zero-order valence-corrected chi connectivity index (χ0v) is 18.4. The molecule has 1 fully saturated rings. The first-order valence-electron chi connectivity index (χ1n) is 10.7. The number of hydrogen-bond acceptors (Lipinski definition) is 5. The Morgan fingerprint density at radius 3 is 2.55 bits per heavy atom. The first-order valence-corrected chi connectivity index (χ1v) is 10.7. The molecule has 1 saturated carbocycles. The van der Waals surface area contributed by atoms with Crippen molar-refractivity contribution in [2.75, 3.05) is 11.9 Å². The van der Waals surface area contributed by atoms with Gasteiger partial charge in [0.25, 0.3) is 11.8 Å². The van der Waals surface area contributed by atoms with Crippen LogP contribution in [0.2, 0.25) is 0 Å². The van der Waals surface area contributed by atoms with Gasteiger partial charge in [0.1, 0.15) is 0 Å². The normalized spacial score (nSPS) is 13.8. The summed E-state index contributed by atoms with van der Waals surface area (Å²) >= 11 is 0. The highest BCUT2D eigenvalue weighted by Crippen LogP contribution is 2.20. The van der Waals surface area contributed by atoms with Crippen molar-refractivity contribution in [2.45, 2.75) is 58.4 Å². The largest absolute Gasteiger partial charge is 0.456 e. The first-order chi connectivity index (χ1) is 14.8. The Bertz CT molecular complexity index is 960. The maximum Gasteiger partial charge on any atom is 0.306 e. The number of rotatable bonds is 8. The fourth-order valence-electron chi connectivity index (χ4n) is 3.93. The van der Waals surface area contributed by atoms with E-state index in [4.69, 9.17) is 4.74 Å². The molecule has 2 amide bonds.